The minimum Gasteiger partial charge on any atom is -0.348 e. The van der Waals surface area contributed by atoms with Gasteiger partial charge in [-0.1, -0.05) is 6.42 Å². The van der Waals surface area contributed by atoms with Crippen LogP contribution < -0.4 is 5.32 Å². The van der Waals surface area contributed by atoms with Crippen LogP contribution in [0, 0.1) is 0 Å². The first-order valence-corrected chi connectivity index (χ1v) is 6.84. The number of hydrogen-bond donors (Lipinski definition) is 1. The zero-order valence-corrected chi connectivity index (χ0v) is 11.1. The van der Waals surface area contributed by atoms with Crippen molar-refractivity contribution in [1.82, 2.24) is 15.1 Å². The number of nitrogens with zero attached hydrogens (tertiary/aromatic N) is 2. The second-order valence-corrected chi connectivity index (χ2v) is 5.60. The van der Waals surface area contributed by atoms with Crippen molar-refractivity contribution in [2.45, 2.75) is 44.2 Å². The molecule has 1 unspecified atom stereocenters. The number of rotatable bonds is 5. The third kappa shape index (κ3) is 3.96. The van der Waals surface area contributed by atoms with Gasteiger partial charge >= 0.3 is 0 Å². The van der Waals surface area contributed by atoms with Gasteiger partial charge in [-0.2, -0.15) is 0 Å². The molecule has 1 amide bonds. The highest BCUT2D eigenvalue weighted by Crippen LogP contribution is 2.27. The number of nitrogens with one attached hydrogen (secondary N) is 1. The number of hydrogen-bond acceptors (Lipinski definition) is 3. The molecule has 1 atom stereocenters. The van der Waals surface area contributed by atoms with E-state index < -0.39 is 0 Å². The summed E-state index contributed by atoms with van der Waals surface area (Å²) in [4.78, 5) is 15.9. The van der Waals surface area contributed by atoms with Crippen LogP contribution in [-0.4, -0.2) is 61.5 Å². The zero-order valence-electron chi connectivity index (χ0n) is 11.1. The van der Waals surface area contributed by atoms with E-state index in [0.29, 0.717) is 18.6 Å². The summed E-state index contributed by atoms with van der Waals surface area (Å²) in [5.41, 5.74) is 0. The van der Waals surface area contributed by atoms with E-state index in [2.05, 4.69) is 10.2 Å². The molecule has 0 aromatic carbocycles. The van der Waals surface area contributed by atoms with Crippen LogP contribution in [-0.2, 0) is 4.79 Å². The van der Waals surface area contributed by atoms with Crippen molar-refractivity contribution in [3.63, 3.8) is 0 Å². The van der Waals surface area contributed by atoms with E-state index >= 15 is 0 Å². The van der Waals surface area contributed by atoms with Crippen molar-refractivity contribution in [2.75, 3.05) is 33.7 Å². The van der Waals surface area contributed by atoms with Gasteiger partial charge in [0.25, 0.3) is 0 Å². The molecule has 1 heterocycles. The molecular formula is C13H25N3O. The lowest BCUT2D eigenvalue weighted by atomic mass is 10.0. The van der Waals surface area contributed by atoms with Crippen molar-refractivity contribution in [1.29, 1.82) is 0 Å². The molecule has 2 aliphatic rings. The summed E-state index contributed by atoms with van der Waals surface area (Å²) in [5.74, 6) is 0.229. The highest BCUT2D eigenvalue weighted by atomic mass is 16.2. The maximum absolute atomic E-state index is 11.8. The first kappa shape index (κ1) is 12.8. The van der Waals surface area contributed by atoms with Crippen LogP contribution in [0.2, 0.25) is 0 Å². The normalized spacial score (nSPS) is 25.0. The van der Waals surface area contributed by atoms with Crippen LogP contribution in [0.1, 0.15) is 32.1 Å². The quantitative estimate of drug-likeness (QED) is 0.766. The maximum atomic E-state index is 11.8. The second kappa shape index (κ2) is 5.83. The van der Waals surface area contributed by atoms with Crippen molar-refractivity contribution in [3.8, 4) is 0 Å². The predicted molar refractivity (Wildman–Crippen MR) is 68.9 cm³/mol. The summed E-state index contributed by atoms with van der Waals surface area (Å²) < 4.78 is 0. The van der Waals surface area contributed by atoms with E-state index in [1.807, 2.05) is 14.1 Å². The molecule has 4 nitrogen and oxygen atoms in total. The maximum Gasteiger partial charge on any atom is 0.236 e. The molecule has 0 aromatic heterocycles. The van der Waals surface area contributed by atoms with Crippen molar-refractivity contribution < 1.29 is 4.79 Å². The van der Waals surface area contributed by atoms with Crippen LogP contribution in [0.3, 0.4) is 0 Å². The monoisotopic (exact) mass is 239 g/mol. The zero-order chi connectivity index (χ0) is 12.3. The van der Waals surface area contributed by atoms with Gasteiger partial charge < -0.3 is 10.2 Å². The fraction of sp³-hybridized carbons (Fsp3) is 0.923. The van der Waals surface area contributed by atoms with Gasteiger partial charge in [-0.3, -0.25) is 9.69 Å². The summed E-state index contributed by atoms with van der Waals surface area (Å²) in [7, 11) is 3.68. The molecule has 2 rings (SSSR count). The van der Waals surface area contributed by atoms with Gasteiger partial charge in [0, 0.05) is 32.7 Å². The molecule has 2 fully saturated rings. The topological polar surface area (TPSA) is 35.6 Å². The van der Waals surface area contributed by atoms with E-state index in [1.54, 1.807) is 4.90 Å². The molecular weight excluding hydrogens is 214 g/mol. The average Bonchev–Trinajstić information content (AvgIpc) is 3.13. The Hall–Kier alpha value is -0.610. The van der Waals surface area contributed by atoms with E-state index in [0.717, 1.165) is 13.1 Å². The molecule has 1 aliphatic carbocycles. The van der Waals surface area contributed by atoms with Crippen molar-refractivity contribution in [2.24, 2.45) is 0 Å². The van der Waals surface area contributed by atoms with Crippen LogP contribution in [0.25, 0.3) is 0 Å². The number of carbonyl (C=O) groups excluding carboxylic acids is 1. The Balaban J connectivity index is 1.81. The van der Waals surface area contributed by atoms with E-state index in [1.165, 1.54) is 32.1 Å². The largest absolute Gasteiger partial charge is 0.348 e. The Labute approximate surface area is 104 Å². The highest BCUT2D eigenvalue weighted by Gasteiger charge is 2.32. The smallest absolute Gasteiger partial charge is 0.236 e. The molecule has 17 heavy (non-hydrogen) atoms. The summed E-state index contributed by atoms with van der Waals surface area (Å²) in [6.07, 6.45) is 6.44. The van der Waals surface area contributed by atoms with Crippen molar-refractivity contribution in [3.05, 3.63) is 0 Å². The van der Waals surface area contributed by atoms with Crippen LogP contribution >= 0.6 is 0 Å². The fourth-order valence-electron chi connectivity index (χ4n) is 2.46. The van der Waals surface area contributed by atoms with Gasteiger partial charge in [0.1, 0.15) is 0 Å². The number of amides is 1. The van der Waals surface area contributed by atoms with Crippen LogP contribution in [0.15, 0.2) is 0 Å². The molecule has 4 heteroatoms. The van der Waals surface area contributed by atoms with Gasteiger partial charge in [0.15, 0.2) is 0 Å². The molecule has 0 radical (unpaired) electrons. The van der Waals surface area contributed by atoms with Gasteiger partial charge in [-0.25, -0.2) is 0 Å². The molecule has 0 bridgehead atoms. The molecule has 0 aromatic rings. The molecule has 98 valence electrons. The fourth-order valence-corrected chi connectivity index (χ4v) is 2.46. The van der Waals surface area contributed by atoms with E-state index in [4.69, 9.17) is 0 Å². The molecule has 1 saturated carbocycles. The van der Waals surface area contributed by atoms with Gasteiger partial charge in [0.05, 0.1) is 6.54 Å². The minimum absolute atomic E-state index is 0.229. The van der Waals surface area contributed by atoms with Crippen LogP contribution in [0.4, 0.5) is 0 Å². The number of likely N-dealkylation sites (N-methyl/N-ethyl adjacent to an activating group) is 1. The summed E-state index contributed by atoms with van der Waals surface area (Å²) >= 11 is 0. The lowest BCUT2D eigenvalue weighted by Gasteiger charge is -2.30. The summed E-state index contributed by atoms with van der Waals surface area (Å²) in [6, 6.07) is 1.27. The third-order valence-corrected chi connectivity index (χ3v) is 3.77. The minimum atomic E-state index is 0.229. The Bertz CT molecular complexity index is 257. The standard InChI is InChI=1S/C13H25N3O/c1-15(2)13(17)10-16(12-6-7-12)9-11-5-3-4-8-14-11/h11-12,14H,3-10H2,1-2H3. The predicted octanol–water partition coefficient (Wildman–Crippen LogP) is 0.681. The highest BCUT2D eigenvalue weighted by molar-refractivity contribution is 5.77. The average molecular weight is 239 g/mol. The lowest BCUT2D eigenvalue weighted by molar-refractivity contribution is -0.130. The van der Waals surface area contributed by atoms with E-state index in [-0.39, 0.29) is 5.91 Å². The first-order chi connectivity index (χ1) is 8.16. The Morgan fingerprint density at radius 1 is 1.24 bits per heavy atom. The molecule has 1 saturated heterocycles. The summed E-state index contributed by atoms with van der Waals surface area (Å²) in [6.45, 7) is 2.78. The van der Waals surface area contributed by atoms with Crippen LogP contribution in [0.5, 0.6) is 0 Å². The van der Waals surface area contributed by atoms with Gasteiger partial charge in [0.2, 0.25) is 5.91 Å². The Kier molecular flexibility index (Phi) is 4.40. The number of carbonyl (C=O) groups is 1. The molecule has 0 spiro atoms. The van der Waals surface area contributed by atoms with Gasteiger partial charge in [-0.15, -0.1) is 0 Å². The lowest BCUT2D eigenvalue weighted by Crippen LogP contribution is -2.47. The number of piperidine rings is 1. The first-order valence-electron chi connectivity index (χ1n) is 6.84. The molecule has 1 aliphatic heterocycles. The molecule has 1 N–H and O–H groups in total. The van der Waals surface area contributed by atoms with E-state index in [9.17, 15) is 4.79 Å². The summed E-state index contributed by atoms with van der Waals surface area (Å²) in [5, 5.41) is 3.57. The SMILES string of the molecule is CN(C)C(=O)CN(CC1CCCCN1)C1CC1. The third-order valence-electron chi connectivity index (χ3n) is 3.77. The Morgan fingerprint density at radius 2 is 2.00 bits per heavy atom. The Morgan fingerprint density at radius 3 is 2.53 bits per heavy atom. The van der Waals surface area contributed by atoms with Crippen molar-refractivity contribution >= 4 is 5.91 Å². The van der Waals surface area contributed by atoms with Gasteiger partial charge in [-0.05, 0) is 32.2 Å². The second-order valence-electron chi connectivity index (χ2n) is 5.60.